The lowest BCUT2D eigenvalue weighted by Crippen LogP contribution is -2.19. The fourth-order valence-electron chi connectivity index (χ4n) is 4.06. The summed E-state index contributed by atoms with van der Waals surface area (Å²) in [7, 11) is -1.09. The van der Waals surface area contributed by atoms with Crippen molar-refractivity contribution in [1.82, 2.24) is 19.6 Å². The van der Waals surface area contributed by atoms with Gasteiger partial charge in [0.1, 0.15) is 11.3 Å². The number of aromatic nitrogens is 4. The zero-order valence-corrected chi connectivity index (χ0v) is 19.4. The summed E-state index contributed by atoms with van der Waals surface area (Å²) < 4.78 is 25.5. The predicted octanol–water partition coefficient (Wildman–Crippen LogP) is 3.83. The molecule has 0 aliphatic rings. The van der Waals surface area contributed by atoms with Crippen LogP contribution in [0.25, 0.3) is 39.3 Å². The second kappa shape index (κ2) is 7.35. The SMILES string of the molecule is C=S(C)(=O)c1ccc(OC)c2nc(-c3c(C)nc4c(-c5ccccc5)c(C)[nH]n4c3=O)oc12. The number of hydrogen-bond acceptors (Lipinski definition) is 6. The molecule has 0 spiro atoms. The first kappa shape index (κ1) is 21.0. The monoisotopic (exact) mass is 462 g/mol. The molecule has 0 bridgehead atoms. The van der Waals surface area contributed by atoms with Crippen LogP contribution < -0.4 is 10.3 Å². The molecule has 2 aromatic carbocycles. The first-order chi connectivity index (χ1) is 15.7. The molecule has 0 radical (unpaired) electrons. The maximum absolute atomic E-state index is 13.6. The Morgan fingerprint density at radius 1 is 1.09 bits per heavy atom. The molecule has 1 atom stereocenters. The van der Waals surface area contributed by atoms with Gasteiger partial charge in [0.15, 0.2) is 16.7 Å². The average Bonchev–Trinajstić information content (AvgIpc) is 3.34. The minimum absolute atomic E-state index is 0.0808. The molecule has 5 rings (SSSR count). The summed E-state index contributed by atoms with van der Waals surface area (Å²) >= 11 is 0. The van der Waals surface area contributed by atoms with Crippen molar-refractivity contribution in [2.24, 2.45) is 0 Å². The van der Waals surface area contributed by atoms with Crippen molar-refractivity contribution >= 4 is 32.1 Å². The molecular weight excluding hydrogens is 440 g/mol. The van der Waals surface area contributed by atoms with Crippen LogP contribution in [0.15, 0.2) is 56.6 Å². The molecule has 5 aromatic rings. The highest BCUT2D eigenvalue weighted by atomic mass is 32.2. The van der Waals surface area contributed by atoms with E-state index in [-0.39, 0.29) is 22.6 Å². The Labute approximate surface area is 189 Å². The molecule has 33 heavy (non-hydrogen) atoms. The minimum Gasteiger partial charge on any atom is -0.494 e. The summed E-state index contributed by atoms with van der Waals surface area (Å²) in [5.41, 5.74) is 4.13. The second-order valence-electron chi connectivity index (χ2n) is 7.98. The zero-order chi connectivity index (χ0) is 23.5. The van der Waals surface area contributed by atoms with Gasteiger partial charge in [0.25, 0.3) is 5.56 Å². The average molecular weight is 463 g/mol. The van der Waals surface area contributed by atoms with Gasteiger partial charge in [-0.15, -0.1) is 0 Å². The largest absolute Gasteiger partial charge is 0.494 e. The van der Waals surface area contributed by atoms with Crippen LogP contribution in [0.3, 0.4) is 0 Å². The van der Waals surface area contributed by atoms with Crippen LogP contribution in [0.5, 0.6) is 5.75 Å². The van der Waals surface area contributed by atoms with Gasteiger partial charge in [-0.3, -0.25) is 14.1 Å². The van der Waals surface area contributed by atoms with E-state index in [9.17, 15) is 9.00 Å². The van der Waals surface area contributed by atoms with Gasteiger partial charge in [0, 0.05) is 17.5 Å². The van der Waals surface area contributed by atoms with E-state index in [0.29, 0.717) is 27.5 Å². The fourth-order valence-corrected chi connectivity index (χ4v) is 4.95. The van der Waals surface area contributed by atoms with E-state index in [1.165, 1.54) is 17.9 Å². The molecule has 8 nitrogen and oxygen atoms in total. The van der Waals surface area contributed by atoms with E-state index in [0.717, 1.165) is 16.8 Å². The first-order valence-corrected chi connectivity index (χ1v) is 12.3. The summed E-state index contributed by atoms with van der Waals surface area (Å²) in [4.78, 5) is 23.2. The van der Waals surface area contributed by atoms with Crippen LogP contribution in [-0.4, -0.2) is 43.0 Å². The van der Waals surface area contributed by atoms with Gasteiger partial charge in [-0.05, 0) is 46.9 Å². The lowest BCUT2D eigenvalue weighted by atomic mass is 10.1. The van der Waals surface area contributed by atoms with Crippen LogP contribution in [-0.2, 0) is 9.52 Å². The maximum Gasteiger partial charge on any atom is 0.285 e. The van der Waals surface area contributed by atoms with Crippen molar-refractivity contribution in [1.29, 1.82) is 0 Å². The standard InChI is InChI=1S/C24H22N4O4S/c1-13-19(23-26-20-16(31-3)11-12-17(21(20)32-23)33(4,5)30)24(29)28-22(25-13)18(14(2)27-28)15-9-7-6-8-10-15/h6-12,27H,4H2,1-3,5H3. The smallest absolute Gasteiger partial charge is 0.285 e. The quantitative estimate of drug-likeness (QED) is 0.407. The number of oxazole rings is 1. The summed E-state index contributed by atoms with van der Waals surface area (Å²) in [5, 5.41) is 3.11. The molecule has 0 saturated carbocycles. The van der Waals surface area contributed by atoms with Crippen molar-refractivity contribution < 1.29 is 13.4 Å². The minimum atomic E-state index is -2.61. The van der Waals surface area contributed by atoms with Crippen LogP contribution in [0.4, 0.5) is 0 Å². The number of H-pyrrole nitrogens is 1. The van der Waals surface area contributed by atoms with Gasteiger partial charge >= 0.3 is 0 Å². The highest BCUT2D eigenvalue weighted by molar-refractivity contribution is 7.99. The lowest BCUT2D eigenvalue weighted by molar-refractivity contribution is 0.418. The van der Waals surface area contributed by atoms with Gasteiger partial charge < -0.3 is 9.15 Å². The van der Waals surface area contributed by atoms with Crippen LogP contribution in [0.1, 0.15) is 11.4 Å². The molecule has 1 N–H and O–H groups in total. The van der Waals surface area contributed by atoms with Crippen molar-refractivity contribution in [2.75, 3.05) is 13.4 Å². The summed E-state index contributed by atoms with van der Waals surface area (Å²) in [6, 6.07) is 13.1. The van der Waals surface area contributed by atoms with Gasteiger partial charge in [-0.1, -0.05) is 30.3 Å². The molecule has 0 aliphatic carbocycles. The highest BCUT2D eigenvalue weighted by Gasteiger charge is 2.24. The number of rotatable bonds is 4. The van der Waals surface area contributed by atoms with E-state index < -0.39 is 9.52 Å². The van der Waals surface area contributed by atoms with Crippen molar-refractivity contribution in [2.45, 2.75) is 18.7 Å². The first-order valence-electron chi connectivity index (χ1n) is 10.2. The molecule has 1 unspecified atom stereocenters. The number of fused-ring (bicyclic) bond motifs is 2. The molecule has 0 amide bonds. The molecule has 0 fully saturated rings. The number of hydrogen-bond donors (Lipinski definition) is 1. The Morgan fingerprint density at radius 3 is 2.48 bits per heavy atom. The molecule has 0 saturated heterocycles. The maximum atomic E-state index is 13.6. The summed E-state index contributed by atoms with van der Waals surface area (Å²) in [5.74, 6) is 4.29. The summed E-state index contributed by atoms with van der Waals surface area (Å²) in [6.07, 6.45) is 1.52. The highest BCUT2D eigenvalue weighted by Crippen LogP contribution is 2.35. The van der Waals surface area contributed by atoms with E-state index in [1.54, 1.807) is 19.1 Å². The Kier molecular flexibility index (Phi) is 4.68. The predicted molar refractivity (Wildman–Crippen MR) is 130 cm³/mol. The molecule has 168 valence electrons. The number of nitrogens with zero attached hydrogens (tertiary/aromatic N) is 3. The van der Waals surface area contributed by atoms with Crippen LogP contribution in [0.2, 0.25) is 0 Å². The Morgan fingerprint density at radius 2 is 1.82 bits per heavy atom. The molecule has 9 heteroatoms. The third-order valence-corrected chi connectivity index (χ3v) is 6.83. The number of ether oxygens (including phenoxy) is 1. The Hall–Kier alpha value is -3.85. The third-order valence-electron chi connectivity index (χ3n) is 5.57. The molecule has 3 heterocycles. The zero-order valence-electron chi connectivity index (χ0n) is 18.6. The molecule has 0 aliphatic heterocycles. The molecule has 3 aromatic heterocycles. The van der Waals surface area contributed by atoms with Gasteiger partial charge in [-0.25, -0.2) is 14.5 Å². The van der Waals surface area contributed by atoms with E-state index in [4.69, 9.17) is 14.1 Å². The molecular formula is C24H22N4O4S. The van der Waals surface area contributed by atoms with Crippen molar-refractivity contribution in [3.63, 3.8) is 0 Å². The van der Waals surface area contributed by atoms with E-state index in [1.807, 2.05) is 37.3 Å². The number of methoxy groups -OCH3 is 1. The Balaban J connectivity index is 1.81. The fraction of sp³-hybridized carbons (Fsp3) is 0.167. The van der Waals surface area contributed by atoms with E-state index >= 15 is 0 Å². The summed E-state index contributed by atoms with van der Waals surface area (Å²) in [6.45, 7) is 3.64. The number of aromatic amines is 1. The van der Waals surface area contributed by atoms with Crippen molar-refractivity contribution in [3.05, 3.63) is 64.2 Å². The normalized spacial score (nSPS) is 13.5. The number of aryl methyl sites for hydroxylation is 2. The van der Waals surface area contributed by atoms with Gasteiger partial charge in [0.2, 0.25) is 5.89 Å². The van der Waals surface area contributed by atoms with Gasteiger partial charge in [0.05, 0.1) is 17.7 Å². The number of nitrogens with one attached hydrogen (secondary N) is 1. The van der Waals surface area contributed by atoms with Crippen molar-refractivity contribution in [3.8, 4) is 28.3 Å². The van der Waals surface area contributed by atoms with Gasteiger partial charge in [-0.2, -0.15) is 0 Å². The van der Waals surface area contributed by atoms with Crippen LogP contribution in [0, 0.1) is 13.8 Å². The third kappa shape index (κ3) is 3.23. The van der Waals surface area contributed by atoms with Crippen LogP contribution >= 0.6 is 0 Å². The lowest BCUT2D eigenvalue weighted by Gasteiger charge is -2.05. The topological polar surface area (TPSA) is 102 Å². The Bertz CT molecular complexity index is 1710. The van der Waals surface area contributed by atoms with E-state index in [2.05, 4.69) is 16.0 Å². The second-order valence-corrected chi connectivity index (χ2v) is 10.4. The number of benzene rings is 2.